The highest BCUT2D eigenvalue weighted by atomic mass is 15.2. The number of aryl methyl sites for hydroxylation is 1. The molecule has 137 heavy (non-hydrogen) atoms. The summed E-state index contributed by atoms with van der Waals surface area (Å²) in [6, 6.07) is 162. The summed E-state index contributed by atoms with van der Waals surface area (Å²) in [5.74, 6) is 0. The molecule has 0 saturated heterocycles. The van der Waals surface area contributed by atoms with Gasteiger partial charge in [0, 0.05) is 129 Å². The SMILES string of the molecule is CC1(C)c2ccccc2-c2ccc(N(c3ccccc3)c3ccc(-c4nc(-c5ccccc5)c(-c5ccccc5)nc4-c4ccc(N(c5ccccc5)c5ccc6c(c5)C(C)(C)c5ccccc5-6)cc4)cc3)cc21.Cc1cnc(-c2ccc(N(c3ccccc3)c3ccc4c(c3)C(C)(C)c3ccccc3-4)cc2)c(-c2ccc(N(c3ccccc3)c3ccc4c(c3)C(C)(C)c3ccccc3-4)cc2)n1. The van der Waals surface area contributed by atoms with Crippen LogP contribution in [0.2, 0.25) is 0 Å². The van der Waals surface area contributed by atoms with E-state index in [9.17, 15) is 0 Å². The van der Waals surface area contributed by atoms with Crippen molar-refractivity contribution < 1.29 is 0 Å². The van der Waals surface area contributed by atoms with Crippen LogP contribution in [0.15, 0.2) is 455 Å². The number of anilines is 12. The molecule has 0 fully saturated rings. The van der Waals surface area contributed by atoms with Gasteiger partial charge in [0.2, 0.25) is 0 Å². The predicted octanol–water partition coefficient (Wildman–Crippen LogP) is 34.4. The van der Waals surface area contributed by atoms with Gasteiger partial charge in [0.05, 0.1) is 39.9 Å². The monoisotopic (exact) mass is 1760 g/mol. The van der Waals surface area contributed by atoms with Crippen LogP contribution >= 0.6 is 0 Å². The lowest BCUT2D eigenvalue weighted by Gasteiger charge is -2.28. The Morgan fingerprint density at radius 3 is 0.591 bits per heavy atom. The number of hydrogen-bond acceptors (Lipinski definition) is 8. The maximum Gasteiger partial charge on any atom is 0.0973 e. The van der Waals surface area contributed by atoms with Crippen LogP contribution in [0.5, 0.6) is 0 Å². The van der Waals surface area contributed by atoms with Crippen LogP contribution in [0.3, 0.4) is 0 Å². The highest BCUT2D eigenvalue weighted by molar-refractivity contribution is 5.95. The van der Waals surface area contributed by atoms with Crippen molar-refractivity contribution in [2.45, 2.75) is 84.0 Å². The van der Waals surface area contributed by atoms with E-state index < -0.39 is 0 Å². The summed E-state index contributed by atoms with van der Waals surface area (Å²) in [5.41, 5.74) is 45.9. The number of rotatable bonds is 18. The molecule has 8 nitrogen and oxygen atoms in total. The van der Waals surface area contributed by atoms with Gasteiger partial charge >= 0.3 is 0 Å². The number of para-hydroxylation sites is 4. The lowest BCUT2D eigenvalue weighted by atomic mass is 9.82. The minimum absolute atomic E-state index is 0.0985. The van der Waals surface area contributed by atoms with Gasteiger partial charge in [-0.05, 0) is 242 Å². The summed E-state index contributed by atoms with van der Waals surface area (Å²) in [6.45, 7) is 20.7. The van der Waals surface area contributed by atoms with Crippen molar-refractivity contribution in [3.05, 3.63) is 505 Å². The van der Waals surface area contributed by atoms with Gasteiger partial charge in [-0.15, -0.1) is 0 Å². The largest absolute Gasteiger partial charge is 0.310 e. The molecule has 0 radical (unpaired) electrons. The Kier molecular flexibility index (Phi) is 21.1. The number of hydrogen-bond donors (Lipinski definition) is 0. The highest BCUT2D eigenvalue weighted by Crippen LogP contribution is 2.57. The van der Waals surface area contributed by atoms with Gasteiger partial charge in [-0.25, -0.2) is 15.0 Å². The van der Waals surface area contributed by atoms with Gasteiger partial charge in [-0.2, -0.15) is 0 Å². The Bertz CT molecular complexity index is 7720. The first kappa shape index (κ1) is 84.6. The zero-order valence-electron chi connectivity index (χ0n) is 78.4. The molecule has 4 aliphatic carbocycles. The maximum absolute atomic E-state index is 5.66. The molecule has 18 aromatic carbocycles. The number of aromatic nitrogens is 4. The van der Waals surface area contributed by atoms with Gasteiger partial charge in [-0.1, -0.05) is 359 Å². The fourth-order valence-electron chi connectivity index (χ4n) is 21.8. The second-order valence-corrected chi connectivity index (χ2v) is 38.5. The molecule has 0 N–H and O–H groups in total. The van der Waals surface area contributed by atoms with Crippen LogP contribution in [0, 0.1) is 6.92 Å². The zero-order valence-corrected chi connectivity index (χ0v) is 78.4. The normalized spacial score (nSPS) is 13.5. The second kappa shape index (κ2) is 34.1. The van der Waals surface area contributed by atoms with Crippen molar-refractivity contribution in [1.29, 1.82) is 0 Å². The molecule has 658 valence electrons. The van der Waals surface area contributed by atoms with E-state index in [1.54, 1.807) is 0 Å². The Morgan fingerprint density at radius 2 is 0.343 bits per heavy atom. The van der Waals surface area contributed by atoms with Crippen LogP contribution in [0.1, 0.15) is 106 Å². The van der Waals surface area contributed by atoms with Crippen molar-refractivity contribution in [1.82, 2.24) is 19.9 Å². The molecule has 0 amide bonds. The lowest BCUT2D eigenvalue weighted by Crippen LogP contribution is -2.16. The van der Waals surface area contributed by atoms with E-state index >= 15 is 0 Å². The number of fused-ring (bicyclic) bond motifs is 12. The summed E-state index contributed by atoms with van der Waals surface area (Å²) in [5, 5.41) is 0. The topological polar surface area (TPSA) is 64.5 Å². The second-order valence-electron chi connectivity index (χ2n) is 38.5. The molecule has 0 atom stereocenters. The minimum Gasteiger partial charge on any atom is -0.310 e. The Hall–Kier alpha value is -16.7. The van der Waals surface area contributed by atoms with Gasteiger partial charge < -0.3 is 19.6 Å². The average molecular weight is 1760 g/mol. The smallest absolute Gasteiger partial charge is 0.0973 e. The summed E-state index contributed by atoms with van der Waals surface area (Å²) in [7, 11) is 0. The van der Waals surface area contributed by atoms with Crippen molar-refractivity contribution in [2.75, 3.05) is 19.6 Å². The molecule has 8 heteroatoms. The molecular weight excluding hydrogens is 1660 g/mol. The molecule has 2 aromatic heterocycles. The van der Waals surface area contributed by atoms with E-state index in [0.29, 0.717) is 0 Å². The maximum atomic E-state index is 5.66. The summed E-state index contributed by atoms with van der Waals surface area (Å²) in [6.07, 6.45) is 1.87. The summed E-state index contributed by atoms with van der Waals surface area (Å²) >= 11 is 0. The molecule has 0 spiro atoms. The van der Waals surface area contributed by atoms with Crippen molar-refractivity contribution in [2.24, 2.45) is 0 Å². The van der Waals surface area contributed by atoms with E-state index in [2.05, 4.69) is 524 Å². The van der Waals surface area contributed by atoms with Gasteiger partial charge in [0.15, 0.2) is 0 Å². The minimum atomic E-state index is -0.129. The average Bonchev–Trinajstić information content (AvgIpc) is 1.44. The molecule has 2 heterocycles. The van der Waals surface area contributed by atoms with Crippen LogP contribution < -0.4 is 19.6 Å². The first-order valence-electron chi connectivity index (χ1n) is 47.6. The van der Waals surface area contributed by atoms with Gasteiger partial charge in [0.1, 0.15) is 0 Å². The molecule has 0 unspecified atom stereocenters. The van der Waals surface area contributed by atoms with E-state index in [4.69, 9.17) is 19.9 Å². The first-order valence-corrected chi connectivity index (χ1v) is 47.6. The third kappa shape index (κ3) is 14.9. The number of nitrogens with zero attached hydrogens (tertiary/aromatic N) is 8. The molecule has 20 aromatic rings. The predicted molar refractivity (Wildman–Crippen MR) is 570 cm³/mol. The Morgan fingerprint density at radius 1 is 0.161 bits per heavy atom. The van der Waals surface area contributed by atoms with Crippen LogP contribution in [0.25, 0.3) is 112 Å². The molecular formula is C129H102N8. The lowest BCUT2D eigenvalue weighted by molar-refractivity contribution is 0.660. The Labute approximate surface area is 803 Å². The molecule has 4 aliphatic rings. The fraction of sp³-hybridized carbons (Fsp3) is 0.101. The summed E-state index contributed by atoms with van der Waals surface area (Å²) in [4.78, 5) is 30.9. The highest BCUT2D eigenvalue weighted by Gasteiger charge is 2.41. The zero-order chi connectivity index (χ0) is 92.8. The molecule has 24 rings (SSSR count). The third-order valence-electron chi connectivity index (χ3n) is 28.8. The molecule has 0 aliphatic heterocycles. The fourth-order valence-corrected chi connectivity index (χ4v) is 21.8. The standard InChI is InChI=1S/C70H54N4.C59H48N4/c1-69(2)61-31-19-17-29-57(61)59-43-41-55(45-63(59)69)73(51-25-13-7-14-26-51)53-37-33-49(34-38-53)67-68(72-66(48-23-11-6-12-24-48)65(71-67)47-21-9-5-10-22-47)50-35-39-54(40-36-50)74(52-27-15-8-16-28-52)56-42-44-60-58-30-18-20-32-62(58)70(3,4)64(60)46-56;1-39-38-60-56(40-24-28-44(29-25-40)62(42-16-8-6-9-17-42)46-32-34-50-48-20-12-14-22-52(48)58(2,3)54(50)36-46)57(61-39)41-26-30-45(31-27-41)63(43-18-10-7-11-19-43)47-33-35-51-49-21-13-15-23-53(49)59(4,5)55(51)37-47/h5-46H,1-4H3;6-38H,1-5H3. The number of benzene rings is 18. The quantitative estimate of drug-likeness (QED) is 0.0842. The van der Waals surface area contributed by atoms with Crippen LogP contribution in [-0.2, 0) is 21.7 Å². The third-order valence-corrected chi connectivity index (χ3v) is 28.8. The van der Waals surface area contributed by atoms with E-state index in [-0.39, 0.29) is 21.7 Å². The first-order chi connectivity index (χ1) is 66.9. The van der Waals surface area contributed by atoms with E-state index in [1.807, 2.05) is 13.1 Å². The Balaban J connectivity index is 0.000000156. The molecule has 0 bridgehead atoms. The van der Waals surface area contributed by atoms with E-state index in [0.717, 1.165) is 141 Å². The molecule has 0 saturated carbocycles. The van der Waals surface area contributed by atoms with Crippen LogP contribution in [0.4, 0.5) is 68.2 Å². The van der Waals surface area contributed by atoms with Crippen molar-refractivity contribution in [3.8, 4) is 112 Å². The van der Waals surface area contributed by atoms with Gasteiger partial charge in [-0.3, -0.25) is 4.98 Å². The van der Waals surface area contributed by atoms with Crippen LogP contribution in [-0.4, -0.2) is 19.9 Å². The van der Waals surface area contributed by atoms with Crippen molar-refractivity contribution in [3.63, 3.8) is 0 Å². The van der Waals surface area contributed by atoms with Crippen molar-refractivity contribution >= 4 is 68.2 Å². The van der Waals surface area contributed by atoms with E-state index in [1.165, 1.54) is 89.0 Å². The summed E-state index contributed by atoms with van der Waals surface area (Å²) < 4.78 is 0. The van der Waals surface area contributed by atoms with Gasteiger partial charge in [0.25, 0.3) is 0 Å².